The maximum atomic E-state index is 13.5. The van der Waals surface area contributed by atoms with Gasteiger partial charge in [-0.05, 0) is 37.5 Å². The molecule has 1 N–H and O–H groups in total. The summed E-state index contributed by atoms with van der Waals surface area (Å²) in [6.07, 6.45) is 1.66. The second kappa shape index (κ2) is 5.85. The molecule has 4 heteroatoms. The third-order valence-electron chi connectivity index (χ3n) is 3.13. The second-order valence-electron chi connectivity index (χ2n) is 4.76. The monoisotopic (exact) mass is 254 g/mol. The predicted octanol–water partition coefficient (Wildman–Crippen LogP) is 3.27. The van der Waals surface area contributed by atoms with Crippen molar-refractivity contribution in [2.24, 2.45) is 5.41 Å². The summed E-state index contributed by atoms with van der Waals surface area (Å²) in [4.78, 5) is 11.3. The van der Waals surface area contributed by atoms with Crippen molar-refractivity contribution in [3.05, 3.63) is 29.6 Å². The molecule has 1 aromatic carbocycles. The van der Waals surface area contributed by atoms with E-state index in [-0.39, 0.29) is 5.75 Å². The largest absolute Gasteiger partial charge is 0.494 e. The van der Waals surface area contributed by atoms with E-state index in [1.165, 1.54) is 19.2 Å². The van der Waals surface area contributed by atoms with E-state index in [2.05, 4.69) is 0 Å². The van der Waals surface area contributed by atoms with Crippen LogP contribution in [0.5, 0.6) is 5.75 Å². The summed E-state index contributed by atoms with van der Waals surface area (Å²) in [6.45, 7) is 3.64. The Morgan fingerprint density at radius 3 is 2.61 bits per heavy atom. The third-order valence-corrected chi connectivity index (χ3v) is 3.13. The number of methoxy groups -OCH3 is 1. The number of aliphatic carboxylic acids is 1. The summed E-state index contributed by atoms with van der Waals surface area (Å²) in [6, 6.07) is 4.58. The van der Waals surface area contributed by atoms with Crippen LogP contribution in [0.1, 0.15) is 32.3 Å². The molecular weight excluding hydrogens is 235 g/mol. The van der Waals surface area contributed by atoms with Gasteiger partial charge in [0, 0.05) is 0 Å². The van der Waals surface area contributed by atoms with Gasteiger partial charge in [0.15, 0.2) is 11.6 Å². The second-order valence-corrected chi connectivity index (χ2v) is 4.76. The number of benzene rings is 1. The standard InChI is InChI=1S/C14H19FO3/c1-4-7-14(2,13(16)17)9-10-5-6-12(18-3)11(15)8-10/h5-6,8H,4,7,9H2,1-3H3,(H,16,17). The zero-order valence-corrected chi connectivity index (χ0v) is 11.0. The van der Waals surface area contributed by atoms with E-state index in [0.717, 1.165) is 6.42 Å². The molecule has 1 aromatic rings. The molecule has 0 fully saturated rings. The summed E-state index contributed by atoms with van der Waals surface area (Å²) >= 11 is 0. The molecule has 0 radical (unpaired) electrons. The number of rotatable bonds is 6. The van der Waals surface area contributed by atoms with Gasteiger partial charge in [0.25, 0.3) is 0 Å². The van der Waals surface area contributed by atoms with Crippen LogP contribution in [0.2, 0.25) is 0 Å². The smallest absolute Gasteiger partial charge is 0.309 e. The first-order chi connectivity index (χ1) is 8.42. The van der Waals surface area contributed by atoms with Gasteiger partial charge in [-0.25, -0.2) is 4.39 Å². The fourth-order valence-corrected chi connectivity index (χ4v) is 2.09. The Labute approximate surface area is 107 Å². The number of carboxylic acid groups (broad SMARTS) is 1. The fraction of sp³-hybridized carbons (Fsp3) is 0.500. The summed E-state index contributed by atoms with van der Waals surface area (Å²) in [5.41, 5.74) is -0.179. The number of carboxylic acids is 1. The van der Waals surface area contributed by atoms with Crippen LogP contribution in [-0.2, 0) is 11.2 Å². The molecule has 18 heavy (non-hydrogen) atoms. The summed E-state index contributed by atoms with van der Waals surface area (Å²) in [5.74, 6) is -1.13. The minimum Gasteiger partial charge on any atom is -0.494 e. The van der Waals surface area contributed by atoms with Crippen molar-refractivity contribution >= 4 is 5.97 Å². The van der Waals surface area contributed by atoms with E-state index < -0.39 is 17.2 Å². The van der Waals surface area contributed by atoms with Crippen LogP contribution in [0, 0.1) is 11.2 Å². The van der Waals surface area contributed by atoms with Crippen LogP contribution in [0.3, 0.4) is 0 Å². The van der Waals surface area contributed by atoms with Crippen molar-refractivity contribution < 1.29 is 19.0 Å². The molecule has 0 aliphatic carbocycles. The van der Waals surface area contributed by atoms with Gasteiger partial charge in [0.1, 0.15) is 0 Å². The van der Waals surface area contributed by atoms with Crippen molar-refractivity contribution in [2.45, 2.75) is 33.1 Å². The third kappa shape index (κ3) is 3.22. The molecule has 3 nitrogen and oxygen atoms in total. The highest BCUT2D eigenvalue weighted by Gasteiger charge is 2.32. The zero-order valence-electron chi connectivity index (χ0n) is 11.0. The summed E-state index contributed by atoms with van der Waals surface area (Å²) in [7, 11) is 1.40. The zero-order chi connectivity index (χ0) is 13.8. The molecular formula is C14H19FO3. The molecule has 0 aliphatic rings. The predicted molar refractivity (Wildman–Crippen MR) is 67.3 cm³/mol. The van der Waals surface area contributed by atoms with Crippen LogP contribution in [0.4, 0.5) is 4.39 Å². The molecule has 100 valence electrons. The summed E-state index contributed by atoms with van der Waals surface area (Å²) < 4.78 is 18.4. The molecule has 0 amide bonds. The molecule has 1 rings (SSSR count). The Morgan fingerprint density at radius 2 is 2.17 bits per heavy atom. The average Bonchev–Trinajstić information content (AvgIpc) is 2.29. The average molecular weight is 254 g/mol. The lowest BCUT2D eigenvalue weighted by Crippen LogP contribution is -2.29. The van der Waals surface area contributed by atoms with Gasteiger partial charge in [-0.3, -0.25) is 4.79 Å². The van der Waals surface area contributed by atoms with Gasteiger partial charge in [0.05, 0.1) is 12.5 Å². The van der Waals surface area contributed by atoms with Crippen LogP contribution in [-0.4, -0.2) is 18.2 Å². The molecule has 0 spiro atoms. The quantitative estimate of drug-likeness (QED) is 0.847. The Kier molecular flexibility index (Phi) is 4.70. The highest BCUT2D eigenvalue weighted by atomic mass is 19.1. The number of hydrogen-bond donors (Lipinski definition) is 1. The molecule has 0 saturated carbocycles. The van der Waals surface area contributed by atoms with E-state index in [1.807, 2.05) is 6.92 Å². The molecule has 0 heterocycles. The summed E-state index contributed by atoms with van der Waals surface area (Å²) in [5, 5.41) is 9.28. The fourth-order valence-electron chi connectivity index (χ4n) is 2.09. The molecule has 0 aromatic heterocycles. The van der Waals surface area contributed by atoms with Crippen LogP contribution < -0.4 is 4.74 Å². The van der Waals surface area contributed by atoms with Gasteiger partial charge < -0.3 is 9.84 Å². The van der Waals surface area contributed by atoms with Gasteiger partial charge in [-0.1, -0.05) is 19.4 Å². The van der Waals surface area contributed by atoms with Gasteiger partial charge in [0.2, 0.25) is 0 Å². The Balaban J connectivity index is 2.94. The Hall–Kier alpha value is -1.58. The van der Waals surface area contributed by atoms with Gasteiger partial charge in [-0.2, -0.15) is 0 Å². The molecule has 0 aliphatic heterocycles. The van der Waals surface area contributed by atoms with Crippen LogP contribution in [0.15, 0.2) is 18.2 Å². The van der Waals surface area contributed by atoms with Crippen molar-refractivity contribution in [3.63, 3.8) is 0 Å². The molecule has 0 bridgehead atoms. The lowest BCUT2D eigenvalue weighted by molar-refractivity contribution is -0.148. The van der Waals surface area contributed by atoms with Crippen LogP contribution >= 0.6 is 0 Å². The topological polar surface area (TPSA) is 46.5 Å². The Bertz CT molecular complexity index is 431. The van der Waals surface area contributed by atoms with E-state index in [9.17, 15) is 14.3 Å². The van der Waals surface area contributed by atoms with E-state index >= 15 is 0 Å². The number of halogens is 1. The highest BCUT2D eigenvalue weighted by molar-refractivity contribution is 5.74. The first kappa shape index (κ1) is 14.5. The van der Waals surface area contributed by atoms with Crippen molar-refractivity contribution in [2.75, 3.05) is 7.11 Å². The van der Waals surface area contributed by atoms with Crippen molar-refractivity contribution in [1.82, 2.24) is 0 Å². The van der Waals surface area contributed by atoms with E-state index in [4.69, 9.17) is 4.74 Å². The van der Waals surface area contributed by atoms with E-state index in [1.54, 1.807) is 13.0 Å². The minimum atomic E-state index is -0.851. The van der Waals surface area contributed by atoms with Gasteiger partial charge >= 0.3 is 5.97 Å². The minimum absolute atomic E-state index is 0.172. The number of carbonyl (C=O) groups is 1. The Morgan fingerprint density at radius 1 is 1.50 bits per heavy atom. The molecule has 1 unspecified atom stereocenters. The van der Waals surface area contributed by atoms with Crippen molar-refractivity contribution in [3.8, 4) is 5.75 Å². The van der Waals surface area contributed by atoms with E-state index in [0.29, 0.717) is 18.4 Å². The molecule has 1 atom stereocenters. The van der Waals surface area contributed by atoms with Crippen molar-refractivity contribution in [1.29, 1.82) is 0 Å². The first-order valence-electron chi connectivity index (χ1n) is 5.98. The number of ether oxygens (including phenoxy) is 1. The highest BCUT2D eigenvalue weighted by Crippen LogP contribution is 2.30. The lowest BCUT2D eigenvalue weighted by atomic mass is 9.80. The SMILES string of the molecule is CCCC(C)(Cc1ccc(OC)c(F)c1)C(=O)O. The normalized spacial score (nSPS) is 14.0. The number of hydrogen-bond acceptors (Lipinski definition) is 2. The lowest BCUT2D eigenvalue weighted by Gasteiger charge is -2.24. The van der Waals surface area contributed by atoms with Gasteiger partial charge in [-0.15, -0.1) is 0 Å². The maximum Gasteiger partial charge on any atom is 0.309 e. The van der Waals surface area contributed by atoms with Crippen LogP contribution in [0.25, 0.3) is 0 Å². The maximum absolute atomic E-state index is 13.5. The molecule has 0 saturated heterocycles. The first-order valence-corrected chi connectivity index (χ1v) is 5.98.